The van der Waals surface area contributed by atoms with Crippen molar-refractivity contribution in [3.8, 4) is 0 Å². The maximum atomic E-state index is 13.6. The van der Waals surface area contributed by atoms with Crippen LogP contribution >= 0.6 is 23.2 Å². The van der Waals surface area contributed by atoms with E-state index in [9.17, 15) is 14.0 Å². The van der Waals surface area contributed by atoms with E-state index < -0.39 is 17.8 Å². The van der Waals surface area contributed by atoms with Crippen molar-refractivity contribution < 1.29 is 14.0 Å². The lowest BCUT2D eigenvalue weighted by atomic mass is 10.1. The highest BCUT2D eigenvalue weighted by molar-refractivity contribution is 6.35. The number of urea groups is 1. The van der Waals surface area contributed by atoms with Crippen LogP contribution in [0.2, 0.25) is 10.0 Å². The van der Waals surface area contributed by atoms with E-state index in [4.69, 9.17) is 23.2 Å². The molecule has 1 aliphatic rings. The van der Waals surface area contributed by atoms with E-state index in [0.29, 0.717) is 18.0 Å². The van der Waals surface area contributed by atoms with Crippen molar-refractivity contribution in [3.63, 3.8) is 0 Å². The van der Waals surface area contributed by atoms with Crippen molar-refractivity contribution in [1.29, 1.82) is 0 Å². The molecule has 1 saturated carbocycles. The van der Waals surface area contributed by atoms with Crippen LogP contribution < -0.4 is 16.0 Å². The Morgan fingerprint density at radius 3 is 2.56 bits per heavy atom. The Hall–Kier alpha value is -1.53. The molecule has 1 aromatic carbocycles. The van der Waals surface area contributed by atoms with Crippen LogP contribution in [0.4, 0.5) is 9.18 Å². The lowest BCUT2D eigenvalue weighted by Crippen LogP contribution is -2.43. The molecule has 1 fully saturated rings. The molecule has 0 aliphatic heterocycles. The number of halogens is 3. The number of benzene rings is 1. The number of carbonyl (C=O) groups is 2. The minimum atomic E-state index is -0.605. The molecule has 3 amide bonds. The summed E-state index contributed by atoms with van der Waals surface area (Å²) in [5, 5.41) is 8.13. The Morgan fingerprint density at radius 1 is 1.20 bits per heavy atom. The van der Waals surface area contributed by atoms with Crippen molar-refractivity contribution in [2.75, 3.05) is 13.1 Å². The largest absolute Gasteiger partial charge is 0.348 e. The third-order valence-electron chi connectivity index (χ3n) is 4.32. The second-order valence-corrected chi connectivity index (χ2v) is 7.11. The van der Waals surface area contributed by atoms with E-state index in [0.717, 1.165) is 12.8 Å². The standard InChI is InChI=1S/C17H22Cl2FN3O2/c1-10(12-6-15(20)14(19)7-13(12)18)23-16(24)9-22-17(25)21-8-11-4-2-3-5-11/h6-7,10-11H,2-5,8-9H2,1H3,(H,23,24)(H2,21,22,25). The third kappa shape index (κ3) is 6.04. The Bertz CT molecular complexity index is 637. The second kappa shape index (κ2) is 9.25. The topological polar surface area (TPSA) is 70.2 Å². The first kappa shape index (κ1) is 19.8. The van der Waals surface area contributed by atoms with Gasteiger partial charge in [0, 0.05) is 11.6 Å². The van der Waals surface area contributed by atoms with Crippen LogP contribution in [0, 0.1) is 11.7 Å². The van der Waals surface area contributed by atoms with Gasteiger partial charge in [-0.05, 0) is 43.4 Å². The summed E-state index contributed by atoms with van der Waals surface area (Å²) in [6, 6.07) is 1.60. The van der Waals surface area contributed by atoms with Crippen LogP contribution in [-0.4, -0.2) is 25.0 Å². The minimum Gasteiger partial charge on any atom is -0.348 e. The summed E-state index contributed by atoms with van der Waals surface area (Å²) in [7, 11) is 0. The highest BCUT2D eigenvalue weighted by atomic mass is 35.5. The SMILES string of the molecule is CC(NC(=O)CNC(=O)NCC1CCCC1)c1cc(F)c(Cl)cc1Cl. The highest BCUT2D eigenvalue weighted by Gasteiger charge is 2.17. The first-order chi connectivity index (χ1) is 11.9. The normalized spacial score (nSPS) is 15.7. The molecule has 2 rings (SSSR count). The van der Waals surface area contributed by atoms with Crippen molar-refractivity contribution >= 4 is 35.1 Å². The summed E-state index contributed by atoms with van der Waals surface area (Å²) < 4.78 is 13.6. The number of rotatable bonds is 6. The summed E-state index contributed by atoms with van der Waals surface area (Å²) in [4.78, 5) is 23.6. The summed E-state index contributed by atoms with van der Waals surface area (Å²) in [6.07, 6.45) is 4.69. The summed E-state index contributed by atoms with van der Waals surface area (Å²) in [5.74, 6) is -0.469. The lowest BCUT2D eigenvalue weighted by Gasteiger charge is -2.17. The number of amides is 3. The third-order valence-corrected chi connectivity index (χ3v) is 4.94. The van der Waals surface area contributed by atoms with Gasteiger partial charge < -0.3 is 16.0 Å². The van der Waals surface area contributed by atoms with Gasteiger partial charge in [0.25, 0.3) is 0 Å². The molecular formula is C17H22Cl2FN3O2. The quantitative estimate of drug-likeness (QED) is 0.647. The van der Waals surface area contributed by atoms with Crippen LogP contribution in [0.1, 0.15) is 44.2 Å². The number of carbonyl (C=O) groups excluding carboxylic acids is 2. The van der Waals surface area contributed by atoms with Crippen LogP contribution in [0.3, 0.4) is 0 Å². The average Bonchev–Trinajstić information content (AvgIpc) is 3.07. The van der Waals surface area contributed by atoms with E-state index in [1.807, 2.05) is 0 Å². The first-order valence-electron chi connectivity index (χ1n) is 8.32. The molecule has 1 atom stereocenters. The smallest absolute Gasteiger partial charge is 0.315 e. The Kier molecular flexibility index (Phi) is 7.32. The average molecular weight is 390 g/mol. The molecule has 1 aliphatic carbocycles. The molecule has 1 aromatic rings. The van der Waals surface area contributed by atoms with Crippen LogP contribution in [0.15, 0.2) is 12.1 Å². The molecule has 0 heterocycles. The maximum Gasteiger partial charge on any atom is 0.315 e. The minimum absolute atomic E-state index is 0.0760. The molecule has 0 bridgehead atoms. The van der Waals surface area contributed by atoms with Gasteiger partial charge in [0.15, 0.2) is 0 Å². The summed E-state index contributed by atoms with van der Waals surface area (Å²) in [6.45, 7) is 2.13. The molecule has 0 radical (unpaired) electrons. The van der Waals surface area contributed by atoms with Gasteiger partial charge in [-0.25, -0.2) is 9.18 Å². The van der Waals surface area contributed by atoms with E-state index in [1.54, 1.807) is 6.92 Å². The number of hydrogen-bond acceptors (Lipinski definition) is 2. The van der Waals surface area contributed by atoms with Crippen molar-refractivity contribution in [2.45, 2.75) is 38.6 Å². The van der Waals surface area contributed by atoms with Crippen molar-refractivity contribution in [1.82, 2.24) is 16.0 Å². The summed E-state index contributed by atoms with van der Waals surface area (Å²) in [5.41, 5.74) is 0.419. The maximum absolute atomic E-state index is 13.6. The molecule has 25 heavy (non-hydrogen) atoms. The zero-order valence-electron chi connectivity index (χ0n) is 14.0. The zero-order chi connectivity index (χ0) is 18.4. The van der Waals surface area contributed by atoms with Gasteiger partial charge in [-0.2, -0.15) is 0 Å². The van der Waals surface area contributed by atoms with Gasteiger partial charge in [-0.1, -0.05) is 36.0 Å². The molecular weight excluding hydrogens is 368 g/mol. The lowest BCUT2D eigenvalue weighted by molar-refractivity contribution is -0.120. The van der Waals surface area contributed by atoms with Gasteiger partial charge in [0.1, 0.15) is 5.82 Å². The Balaban J connectivity index is 1.75. The predicted octanol–water partition coefficient (Wildman–Crippen LogP) is 3.80. The molecule has 0 saturated heterocycles. The van der Waals surface area contributed by atoms with Gasteiger partial charge in [0.2, 0.25) is 5.91 Å². The van der Waals surface area contributed by atoms with E-state index in [-0.39, 0.29) is 22.6 Å². The van der Waals surface area contributed by atoms with Crippen LogP contribution in [0.25, 0.3) is 0 Å². The molecule has 0 spiro atoms. The van der Waals surface area contributed by atoms with E-state index >= 15 is 0 Å². The van der Waals surface area contributed by atoms with Crippen molar-refractivity contribution in [2.24, 2.45) is 5.92 Å². The van der Waals surface area contributed by atoms with Gasteiger partial charge in [-0.15, -0.1) is 0 Å². The van der Waals surface area contributed by atoms with Gasteiger partial charge in [0.05, 0.1) is 17.6 Å². The Morgan fingerprint density at radius 2 is 1.88 bits per heavy atom. The fourth-order valence-corrected chi connectivity index (χ4v) is 3.46. The Labute approximate surface area is 156 Å². The highest BCUT2D eigenvalue weighted by Crippen LogP contribution is 2.28. The second-order valence-electron chi connectivity index (χ2n) is 6.29. The monoisotopic (exact) mass is 389 g/mol. The molecule has 138 valence electrons. The van der Waals surface area contributed by atoms with Gasteiger partial charge >= 0.3 is 6.03 Å². The number of nitrogens with one attached hydrogen (secondary N) is 3. The fraction of sp³-hybridized carbons (Fsp3) is 0.529. The number of hydrogen-bond donors (Lipinski definition) is 3. The molecule has 3 N–H and O–H groups in total. The fourth-order valence-electron chi connectivity index (χ4n) is 2.91. The van der Waals surface area contributed by atoms with Crippen LogP contribution in [0.5, 0.6) is 0 Å². The van der Waals surface area contributed by atoms with Crippen LogP contribution in [-0.2, 0) is 4.79 Å². The van der Waals surface area contributed by atoms with E-state index in [1.165, 1.54) is 25.0 Å². The first-order valence-corrected chi connectivity index (χ1v) is 9.08. The van der Waals surface area contributed by atoms with Gasteiger partial charge in [-0.3, -0.25) is 4.79 Å². The zero-order valence-corrected chi connectivity index (χ0v) is 15.5. The van der Waals surface area contributed by atoms with E-state index in [2.05, 4.69) is 16.0 Å². The molecule has 0 aromatic heterocycles. The molecule has 1 unspecified atom stereocenters. The molecule has 8 heteroatoms. The summed E-state index contributed by atoms with van der Waals surface area (Å²) >= 11 is 11.7. The van der Waals surface area contributed by atoms with Crippen molar-refractivity contribution in [3.05, 3.63) is 33.6 Å². The predicted molar refractivity (Wildman–Crippen MR) is 96.3 cm³/mol. The molecule has 5 nitrogen and oxygen atoms in total.